The van der Waals surface area contributed by atoms with Crippen molar-refractivity contribution in [1.82, 2.24) is 20.4 Å². The molecule has 0 bridgehead atoms. The van der Waals surface area contributed by atoms with E-state index in [4.69, 9.17) is 0 Å². The number of nitrogens with one attached hydrogen (secondary N) is 2. The number of aromatic nitrogens is 2. The SMILES string of the molecule is CCCNc1nnc(CN2CCC(NC(C)=O)C2)s1. The third-order valence-corrected chi connectivity index (χ3v) is 3.90. The molecule has 106 valence electrons. The van der Waals surface area contributed by atoms with Gasteiger partial charge in [0, 0.05) is 32.6 Å². The minimum absolute atomic E-state index is 0.0498. The first-order chi connectivity index (χ1) is 9.17. The molecule has 1 aromatic heterocycles. The van der Waals surface area contributed by atoms with Gasteiger partial charge in [-0.3, -0.25) is 9.69 Å². The predicted molar refractivity (Wildman–Crippen MR) is 76.2 cm³/mol. The van der Waals surface area contributed by atoms with Gasteiger partial charge in [0.05, 0.1) is 6.54 Å². The highest BCUT2D eigenvalue weighted by atomic mass is 32.1. The Bertz CT molecular complexity index is 422. The fraction of sp³-hybridized carbons (Fsp3) is 0.750. The lowest BCUT2D eigenvalue weighted by atomic mass is 10.3. The van der Waals surface area contributed by atoms with Crippen LogP contribution < -0.4 is 10.6 Å². The molecule has 1 unspecified atom stereocenters. The average molecular weight is 283 g/mol. The van der Waals surface area contributed by atoms with Crippen LogP contribution in [-0.2, 0) is 11.3 Å². The van der Waals surface area contributed by atoms with Crippen LogP contribution >= 0.6 is 11.3 Å². The van der Waals surface area contributed by atoms with E-state index in [1.54, 1.807) is 18.3 Å². The number of hydrogen-bond acceptors (Lipinski definition) is 6. The maximum Gasteiger partial charge on any atom is 0.217 e. The molecule has 2 heterocycles. The molecule has 1 aliphatic rings. The van der Waals surface area contributed by atoms with Crippen molar-refractivity contribution < 1.29 is 4.79 Å². The Morgan fingerprint density at radius 1 is 1.53 bits per heavy atom. The Morgan fingerprint density at radius 3 is 3.11 bits per heavy atom. The number of anilines is 1. The van der Waals surface area contributed by atoms with E-state index in [-0.39, 0.29) is 11.9 Å². The van der Waals surface area contributed by atoms with Crippen molar-refractivity contribution >= 4 is 22.4 Å². The first-order valence-electron chi connectivity index (χ1n) is 6.73. The number of amides is 1. The number of hydrogen-bond donors (Lipinski definition) is 2. The van der Waals surface area contributed by atoms with Gasteiger partial charge in [-0.25, -0.2) is 0 Å². The zero-order chi connectivity index (χ0) is 13.7. The van der Waals surface area contributed by atoms with Gasteiger partial charge in [0.1, 0.15) is 5.01 Å². The molecule has 0 aliphatic carbocycles. The highest BCUT2D eigenvalue weighted by Crippen LogP contribution is 2.19. The summed E-state index contributed by atoms with van der Waals surface area (Å²) in [4.78, 5) is 13.3. The molecule has 1 fully saturated rings. The van der Waals surface area contributed by atoms with E-state index in [1.165, 1.54) is 0 Å². The largest absolute Gasteiger partial charge is 0.360 e. The lowest BCUT2D eigenvalue weighted by Gasteiger charge is -2.14. The molecule has 6 nitrogen and oxygen atoms in total. The smallest absolute Gasteiger partial charge is 0.217 e. The van der Waals surface area contributed by atoms with Crippen LogP contribution in [-0.4, -0.2) is 46.7 Å². The van der Waals surface area contributed by atoms with Gasteiger partial charge in [-0.2, -0.15) is 0 Å². The van der Waals surface area contributed by atoms with Crippen LogP contribution in [0.15, 0.2) is 0 Å². The standard InChI is InChI=1S/C12H21N5OS/c1-3-5-13-12-16-15-11(19-12)8-17-6-4-10(7-17)14-9(2)18/h10H,3-8H2,1-2H3,(H,13,16)(H,14,18). The summed E-state index contributed by atoms with van der Waals surface area (Å²) in [6.07, 6.45) is 2.10. The number of carbonyl (C=O) groups is 1. The Labute approximate surface area is 117 Å². The van der Waals surface area contributed by atoms with Crippen LogP contribution in [0.4, 0.5) is 5.13 Å². The topological polar surface area (TPSA) is 70.2 Å². The molecule has 7 heteroatoms. The summed E-state index contributed by atoms with van der Waals surface area (Å²) < 4.78 is 0. The summed E-state index contributed by atoms with van der Waals surface area (Å²) in [6.45, 7) is 7.35. The van der Waals surface area contributed by atoms with E-state index in [2.05, 4.69) is 32.7 Å². The lowest BCUT2D eigenvalue weighted by Crippen LogP contribution is -2.35. The molecule has 1 saturated heterocycles. The summed E-state index contributed by atoms with van der Waals surface area (Å²) >= 11 is 1.61. The molecule has 0 spiro atoms. The zero-order valence-electron chi connectivity index (χ0n) is 11.5. The van der Waals surface area contributed by atoms with Gasteiger partial charge in [-0.15, -0.1) is 10.2 Å². The van der Waals surface area contributed by atoms with Crippen molar-refractivity contribution in [3.63, 3.8) is 0 Å². The maximum absolute atomic E-state index is 11.0. The van der Waals surface area contributed by atoms with Crippen molar-refractivity contribution in [3.05, 3.63) is 5.01 Å². The minimum atomic E-state index is 0.0498. The Morgan fingerprint density at radius 2 is 2.37 bits per heavy atom. The fourth-order valence-electron chi connectivity index (χ4n) is 2.19. The van der Waals surface area contributed by atoms with Gasteiger partial charge >= 0.3 is 0 Å². The van der Waals surface area contributed by atoms with Crippen molar-refractivity contribution in [2.75, 3.05) is 25.0 Å². The highest BCUT2D eigenvalue weighted by Gasteiger charge is 2.23. The third kappa shape index (κ3) is 4.43. The van der Waals surface area contributed by atoms with Gasteiger partial charge in [0.2, 0.25) is 11.0 Å². The number of carbonyl (C=O) groups excluding carboxylic acids is 1. The van der Waals surface area contributed by atoms with Crippen LogP contribution in [0.25, 0.3) is 0 Å². The Kier molecular flexibility index (Phi) is 5.09. The lowest BCUT2D eigenvalue weighted by molar-refractivity contribution is -0.119. The quantitative estimate of drug-likeness (QED) is 0.817. The summed E-state index contributed by atoms with van der Waals surface area (Å²) in [7, 11) is 0. The molecule has 19 heavy (non-hydrogen) atoms. The first-order valence-corrected chi connectivity index (χ1v) is 7.54. The van der Waals surface area contributed by atoms with Crippen LogP contribution in [0.1, 0.15) is 31.7 Å². The number of likely N-dealkylation sites (tertiary alicyclic amines) is 1. The number of nitrogens with zero attached hydrogens (tertiary/aromatic N) is 3. The van der Waals surface area contributed by atoms with Crippen LogP contribution in [0.5, 0.6) is 0 Å². The van der Waals surface area contributed by atoms with E-state index in [0.717, 1.165) is 49.2 Å². The highest BCUT2D eigenvalue weighted by molar-refractivity contribution is 7.15. The van der Waals surface area contributed by atoms with Gasteiger partial charge in [0.25, 0.3) is 0 Å². The maximum atomic E-state index is 11.0. The third-order valence-electron chi connectivity index (χ3n) is 3.03. The minimum Gasteiger partial charge on any atom is -0.360 e. The molecular formula is C12H21N5OS. The molecule has 0 radical (unpaired) electrons. The predicted octanol–water partition coefficient (Wildman–Crippen LogP) is 1.07. The van der Waals surface area contributed by atoms with E-state index in [0.29, 0.717) is 0 Å². The molecule has 0 aromatic carbocycles. The van der Waals surface area contributed by atoms with E-state index < -0.39 is 0 Å². The van der Waals surface area contributed by atoms with Crippen LogP contribution in [0.3, 0.4) is 0 Å². The summed E-state index contributed by atoms with van der Waals surface area (Å²) in [5, 5.41) is 16.5. The normalized spacial score (nSPS) is 19.6. The second kappa shape index (κ2) is 6.81. The summed E-state index contributed by atoms with van der Waals surface area (Å²) in [5.41, 5.74) is 0. The van der Waals surface area contributed by atoms with E-state index in [1.807, 2.05) is 0 Å². The monoisotopic (exact) mass is 283 g/mol. The van der Waals surface area contributed by atoms with Crippen LogP contribution in [0.2, 0.25) is 0 Å². The van der Waals surface area contributed by atoms with Gasteiger partial charge in [-0.05, 0) is 12.8 Å². The van der Waals surface area contributed by atoms with Gasteiger partial charge in [-0.1, -0.05) is 18.3 Å². The van der Waals surface area contributed by atoms with Crippen molar-refractivity contribution in [2.45, 2.75) is 39.3 Å². The van der Waals surface area contributed by atoms with E-state index >= 15 is 0 Å². The Hall–Kier alpha value is -1.21. The number of rotatable bonds is 6. The molecular weight excluding hydrogens is 262 g/mol. The molecule has 1 aromatic rings. The van der Waals surface area contributed by atoms with Crippen molar-refractivity contribution in [3.8, 4) is 0 Å². The summed E-state index contributed by atoms with van der Waals surface area (Å²) in [5.74, 6) is 0.0498. The van der Waals surface area contributed by atoms with Crippen LogP contribution in [0, 0.1) is 0 Å². The van der Waals surface area contributed by atoms with Crippen molar-refractivity contribution in [1.29, 1.82) is 0 Å². The molecule has 1 atom stereocenters. The molecule has 2 rings (SSSR count). The van der Waals surface area contributed by atoms with Gasteiger partial charge < -0.3 is 10.6 Å². The second-order valence-corrected chi connectivity index (χ2v) is 5.91. The molecule has 1 amide bonds. The zero-order valence-corrected chi connectivity index (χ0v) is 12.3. The molecule has 1 aliphatic heterocycles. The molecule has 0 saturated carbocycles. The Balaban J connectivity index is 1.78. The first kappa shape index (κ1) is 14.2. The van der Waals surface area contributed by atoms with E-state index in [9.17, 15) is 4.79 Å². The van der Waals surface area contributed by atoms with Gasteiger partial charge in [0.15, 0.2) is 0 Å². The van der Waals surface area contributed by atoms with Crippen molar-refractivity contribution in [2.24, 2.45) is 0 Å². The summed E-state index contributed by atoms with van der Waals surface area (Å²) in [6, 6.07) is 0.281. The second-order valence-electron chi connectivity index (χ2n) is 4.85. The molecule has 2 N–H and O–H groups in total. The fourth-order valence-corrected chi connectivity index (χ4v) is 3.00. The average Bonchev–Trinajstić information content (AvgIpc) is 2.96.